The molecular formula is C11H15IN2O4. The minimum Gasteiger partial charge on any atom is -0.394 e. The van der Waals surface area contributed by atoms with Gasteiger partial charge in [0.05, 0.1) is 12.7 Å². The standard InChI is InChI=1S/C11H15IN2O4/c1-2-6-4-14(11(17)13-10(6)16)9-3-7(12)8(5-15)18-9/h4,7-9,15H,2-3,5H2,1H3,(H,13,16,17)/t7-,8-,9?/m1/s1. The normalized spacial score (nSPS) is 27.6. The molecular weight excluding hydrogens is 351 g/mol. The van der Waals surface area contributed by atoms with Gasteiger partial charge in [-0.3, -0.25) is 14.3 Å². The van der Waals surface area contributed by atoms with Crippen LogP contribution in [0.2, 0.25) is 0 Å². The highest BCUT2D eigenvalue weighted by Crippen LogP contribution is 2.32. The van der Waals surface area contributed by atoms with Crippen LogP contribution in [0, 0.1) is 0 Å². The average Bonchev–Trinajstić information content (AvgIpc) is 2.70. The van der Waals surface area contributed by atoms with E-state index >= 15 is 0 Å². The summed E-state index contributed by atoms with van der Waals surface area (Å²) in [6.45, 7) is 1.79. The molecule has 0 bridgehead atoms. The van der Waals surface area contributed by atoms with Gasteiger partial charge in [0.15, 0.2) is 0 Å². The lowest BCUT2D eigenvalue weighted by atomic mass is 10.2. The highest BCUT2D eigenvalue weighted by atomic mass is 127. The van der Waals surface area contributed by atoms with Crippen molar-refractivity contribution in [3.05, 3.63) is 32.6 Å². The van der Waals surface area contributed by atoms with Crippen LogP contribution < -0.4 is 11.2 Å². The Bertz CT molecular complexity index is 539. The van der Waals surface area contributed by atoms with Gasteiger partial charge in [-0.15, -0.1) is 0 Å². The predicted octanol–water partition coefficient (Wildman–Crippen LogP) is 0.182. The average molecular weight is 366 g/mol. The molecule has 3 atom stereocenters. The molecule has 0 saturated carbocycles. The number of hydrogen-bond acceptors (Lipinski definition) is 4. The van der Waals surface area contributed by atoms with Crippen LogP contribution in [0.4, 0.5) is 0 Å². The van der Waals surface area contributed by atoms with E-state index in [2.05, 4.69) is 27.6 Å². The fourth-order valence-electron chi connectivity index (χ4n) is 2.02. The Morgan fingerprint density at radius 3 is 2.89 bits per heavy atom. The Morgan fingerprint density at radius 1 is 1.61 bits per heavy atom. The first-order valence-corrected chi connectivity index (χ1v) is 7.06. The molecule has 2 heterocycles. The predicted molar refractivity (Wildman–Crippen MR) is 74.1 cm³/mol. The van der Waals surface area contributed by atoms with Gasteiger partial charge >= 0.3 is 5.69 Å². The zero-order chi connectivity index (χ0) is 13.3. The molecule has 6 nitrogen and oxygen atoms in total. The minimum atomic E-state index is -0.468. The lowest BCUT2D eigenvalue weighted by Gasteiger charge is -2.15. The van der Waals surface area contributed by atoms with Crippen molar-refractivity contribution in [2.75, 3.05) is 6.61 Å². The van der Waals surface area contributed by atoms with Crippen molar-refractivity contribution < 1.29 is 9.84 Å². The Kier molecular flexibility index (Phi) is 4.23. The second kappa shape index (κ2) is 5.54. The molecule has 1 unspecified atom stereocenters. The van der Waals surface area contributed by atoms with E-state index in [1.807, 2.05) is 6.92 Å². The van der Waals surface area contributed by atoms with Gasteiger partial charge in [0.2, 0.25) is 0 Å². The summed E-state index contributed by atoms with van der Waals surface area (Å²) in [7, 11) is 0. The summed E-state index contributed by atoms with van der Waals surface area (Å²) in [5.74, 6) is 0. The van der Waals surface area contributed by atoms with Crippen molar-refractivity contribution in [1.82, 2.24) is 9.55 Å². The highest BCUT2D eigenvalue weighted by Gasteiger charge is 2.34. The molecule has 1 aromatic heterocycles. The van der Waals surface area contributed by atoms with Crippen LogP contribution in [0.1, 0.15) is 25.1 Å². The number of alkyl halides is 1. The first kappa shape index (κ1) is 13.8. The lowest BCUT2D eigenvalue weighted by molar-refractivity contribution is -0.0232. The number of aromatic nitrogens is 2. The summed E-state index contributed by atoms with van der Waals surface area (Å²) in [6.07, 6.45) is 2.06. The van der Waals surface area contributed by atoms with Gasteiger partial charge in [-0.25, -0.2) is 4.79 Å². The number of nitrogens with one attached hydrogen (secondary N) is 1. The fourth-order valence-corrected chi connectivity index (χ4v) is 2.85. The molecule has 7 heteroatoms. The van der Waals surface area contributed by atoms with Crippen molar-refractivity contribution in [3.8, 4) is 0 Å². The first-order chi connectivity index (χ1) is 8.56. The van der Waals surface area contributed by atoms with Gasteiger partial charge in [0, 0.05) is 22.1 Å². The molecule has 0 radical (unpaired) electrons. The van der Waals surface area contributed by atoms with Crippen LogP contribution in [0.15, 0.2) is 15.8 Å². The summed E-state index contributed by atoms with van der Waals surface area (Å²) in [4.78, 5) is 25.5. The summed E-state index contributed by atoms with van der Waals surface area (Å²) in [6, 6.07) is 0. The number of halogens is 1. The highest BCUT2D eigenvalue weighted by molar-refractivity contribution is 14.1. The summed E-state index contributed by atoms with van der Waals surface area (Å²) < 4.78 is 7.17. The zero-order valence-electron chi connectivity index (χ0n) is 9.93. The molecule has 2 rings (SSSR count). The molecule has 1 aliphatic heterocycles. The van der Waals surface area contributed by atoms with E-state index in [-0.39, 0.29) is 22.2 Å². The van der Waals surface area contributed by atoms with Gasteiger partial charge in [0.25, 0.3) is 5.56 Å². The molecule has 1 aliphatic rings. The zero-order valence-corrected chi connectivity index (χ0v) is 12.1. The van der Waals surface area contributed by atoms with Gasteiger partial charge in [-0.2, -0.15) is 0 Å². The molecule has 0 spiro atoms. The largest absolute Gasteiger partial charge is 0.394 e. The third-order valence-electron chi connectivity index (χ3n) is 3.07. The van der Waals surface area contributed by atoms with Gasteiger partial charge in [-0.1, -0.05) is 29.5 Å². The van der Waals surface area contributed by atoms with Crippen LogP contribution in [0.25, 0.3) is 0 Å². The molecule has 0 aliphatic carbocycles. The Morgan fingerprint density at radius 2 is 2.33 bits per heavy atom. The Labute approximate surface area is 117 Å². The van der Waals surface area contributed by atoms with Crippen molar-refractivity contribution in [3.63, 3.8) is 0 Å². The number of aryl methyl sites for hydroxylation is 1. The fraction of sp³-hybridized carbons (Fsp3) is 0.636. The van der Waals surface area contributed by atoms with E-state index in [9.17, 15) is 9.59 Å². The van der Waals surface area contributed by atoms with Crippen molar-refractivity contribution in [2.45, 2.75) is 36.0 Å². The first-order valence-electron chi connectivity index (χ1n) is 5.81. The Balaban J connectivity index is 2.35. The topological polar surface area (TPSA) is 84.3 Å². The number of H-pyrrole nitrogens is 1. The van der Waals surface area contributed by atoms with E-state index in [4.69, 9.17) is 9.84 Å². The number of rotatable bonds is 3. The minimum absolute atomic E-state index is 0.0666. The van der Waals surface area contributed by atoms with Gasteiger partial charge in [0.1, 0.15) is 6.23 Å². The molecule has 1 aromatic rings. The smallest absolute Gasteiger partial charge is 0.330 e. The number of aliphatic hydroxyl groups excluding tert-OH is 1. The van der Waals surface area contributed by atoms with E-state index in [1.165, 1.54) is 4.57 Å². The second-order valence-electron chi connectivity index (χ2n) is 4.24. The number of aromatic amines is 1. The van der Waals surface area contributed by atoms with Crippen molar-refractivity contribution in [2.24, 2.45) is 0 Å². The van der Waals surface area contributed by atoms with Crippen molar-refractivity contribution >= 4 is 22.6 Å². The maximum absolute atomic E-state index is 11.8. The number of hydrogen-bond donors (Lipinski definition) is 2. The van der Waals surface area contributed by atoms with Gasteiger partial charge in [-0.05, 0) is 6.42 Å². The SMILES string of the molecule is CCc1cn(C2C[C@@H](I)[C@@H](CO)O2)c(=O)[nH]c1=O. The molecule has 100 valence electrons. The summed E-state index contributed by atoms with van der Waals surface area (Å²) in [5, 5.41) is 9.14. The summed E-state index contributed by atoms with van der Waals surface area (Å²) >= 11 is 2.20. The number of aliphatic hydroxyl groups is 1. The molecule has 18 heavy (non-hydrogen) atoms. The lowest BCUT2D eigenvalue weighted by Crippen LogP contribution is -2.34. The number of ether oxygens (including phenoxy) is 1. The van der Waals surface area contributed by atoms with E-state index in [0.717, 1.165) is 0 Å². The Hall–Kier alpha value is -0.670. The van der Waals surface area contributed by atoms with Crippen LogP contribution >= 0.6 is 22.6 Å². The van der Waals surface area contributed by atoms with Crippen LogP contribution in [0.3, 0.4) is 0 Å². The number of nitrogens with zero attached hydrogens (tertiary/aromatic N) is 1. The summed E-state index contributed by atoms with van der Waals surface area (Å²) in [5.41, 5.74) is -0.262. The third-order valence-corrected chi connectivity index (χ3v) is 4.39. The van der Waals surface area contributed by atoms with Crippen LogP contribution in [-0.4, -0.2) is 31.3 Å². The molecule has 1 saturated heterocycles. The molecule has 1 fully saturated rings. The van der Waals surface area contributed by atoms with E-state index in [1.54, 1.807) is 6.20 Å². The third kappa shape index (κ3) is 2.52. The molecule has 0 aromatic carbocycles. The van der Waals surface area contributed by atoms with E-state index < -0.39 is 11.9 Å². The maximum atomic E-state index is 11.8. The molecule has 2 N–H and O–H groups in total. The quantitative estimate of drug-likeness (QED) is 0.591. The molecule has 0 amide bonds. The van der Waals surface area contributed by atoms with Crippen LogP contribution in [0.5, 0.6) is 0 Å². The van der Waals surface area contributed by atoms with Gasteiger partial charge < -0.3 is 9.84 Å². The maximum Gasteiger partial charge on any atom is 0.330 e. The second-order valence-corrected chi connectivity index (χ2v) is 5.84. The van der Waals surface area contributed by atoms with E-state index in [0.29, 0.717) is 18.4 Å². The van der Waals surface area contributed by atoms with Crippen molar-refractivity contribution in [1.29, 1.82) is 0 Å². The monoisotopic (exact) mass is 366 g/mol. The van der Waals surface area contributed by atoms with Crippen LogP contribution in [-0.2, 0) is 11.2 Å².